The predicted octanol–water partition coefficient (Wildman–Crippen LogP) is 3.04. The third-order valence-electron chi connectivity index (χ3n) is 4.15. The molecule has 0 aromatic carbocycles. The fourth-order valence-corrected chi connectivity index (χ4v) is 3.93. The molecule has 0 radical (unpaired) electrons. The van der Waals surface area contributed by atoms with Crippen LogP contribution in [0.5, 0.6) is 0 Å². The highest BCUT2D eigenvalue weighted by atomic mass is 32.1. The fourth-order valence-electron chi connectivity index (χ4n) is 2.93. The topological polar surface area (TPSA) is 30.3 Å². The van der Waals surface area contributed by atoms with Crippen LogP contribution in [0.3, 0.4) is 0 Å². The van der Waals surface area contributed by atoms with Crippen molar-refractivity contribution in [2.45, 2.75) is 39.3 Å². The number of likely N-dealkylation sites (N-methyl/N-ethyl adjacent to an activating group) is 1. The average Bonchev–Trinajstić information content (AvgIpc) is 2.86. The van der Waals surface area contributed by atoms with Crippen molar-refractivity contribution in [1.82, 2.24) is 9.80 Å². The number of hydrogen-bond acceptors (Lipinski definition) is 4. The van der Waals surface area contributed by atoms with E-state index >= 15 is 0 Å². The smallest absolute Gasteiger partial charge is 0.133 e. The summed E-state index contributed by atoms with van der Waals surface area (Å²) in [5.41, 5.74) is 1.25. The van der Waals surface area contributed by atoms with Gasteiger partial charge in [-0.15, -0.1) is 11.3 Å². The van der Waals surface area contributed by atoms with Crippen LogP contribution in [-0.4, -0.2) is 42.0 Å². The molecule has 19 heavy (non-hydrogen) atoms. The van der Waals surface area contributed by atoms with Gasteiger partial charge in [0.1, 0.15) is 6.04 Å². The third kappa shape index (κ3) is 3.00. The first-order valence-electron chi connectivity index (χ1n) is 7.12. The molecular formula is C15H23N3S. The Labute approximate surface area is 120 Å². The monoisotopic (exact) mass is 277 g/mol. The second-order valence-corrected chi connectivity index (χ2v) is 6.13. The fraction of sp³-hybridized carbons (Fsp3) is 0.667. The second-order valence-electron chi connectivity index (χ2n) is 5.19. The minimum atomic E-state index is -0.0620. The van der Waals surface area contributed by atoms with Gasteiger partial charge in [0, 0.05) is 30.6 Å². The Morgan fingerprint density at radius 1 is 1.47 bits per heavy atom. The molecule has 3 nitrogen and oxygen atoms in total. The first-order chi connectivity index (χ1) is 9.21. The van der Waals surface area contributed by atoms with Crippen LogP contribution in [0.2, 0.25) is 0 Å². The van der Waals surface area contributed by atoms with Gasteiger partial charge in [0.2, 0.25) is 0 Å². The van der Waals surface area contributed by atoms with Gasteiger partial charge in [-0.05, 0) is 36.9 Å². The van der Waals surface area contributed by atoms with Crippen molar-refractivity contribution in [3.8, 4) is 6.07 Å². The van der Waals surface area contributed by atoms with Crippen LogP contribution in [0.25, 0.3) is 0 Å². The summed E-state index contributed by atoms with van der Waals surface area (Å²) in [6.07, 6.45) is 1.16. The van der Waals surface area contributed by atoms with E-state index in [1.165, 1.54) is 10.4 Å². The van der Waals surface area contributed by atoms with Crippen molar-refractivity contribution in [3.05, 3.63) is 21.9 Å². The van der Waals surface area contributed by atoms with Crippen LogP contribution in [0, 0.1) is 18.3 Å². The molecule has 0 amide bonds. The zero-order chi connectivity index (χ0) is 13.8. The van der Waals surface area contributed by atoms with Crippen LogP contribution < -0.4 is 0 Å². The number of hydrogen-bond donors (Lipinski definition) is 0. The highest BCUT2D eigenvalue weighted by molar-refractivity contribution is 7.10. The van der Waals surface area contributed by atoms with Gasteiger partial charge in [-0.1, -0.05) is 13.8 Å². The van der Waals surface area contributed by atoms with Crippen molar-refractivity contribution < 1.29 is 0 Å². The molecule has 1 saturated heterocycles. The standard InChI is InChI=1S/C15H23N3S/c1-4-13-11-18(8-7-17(13)5-2)14(10-16)15-12(3)6-9-19-15/h6,9,13-14H,4-5,7-8,11H2,1-3H3. The van der Waals surface area contributed by atoms with Gasteiger partial charge >= 0.3 is 0 Å². The van der Waals surface area contributed by atoms with E-state index in [-0.39, 0.29) is 6.04 Å². The lowest BCUT2D eigenvalue weighted by molar-refractivity contribution is 0.0630. The minimum absolute atomic E-state index is 0.0620. The van der Waals surface area contributed by atoms with Gasteiger partial charge in [-0.3, -0.25) is 9.80 Å². The summed E-state index contributed by atoms with van der Waals surface area (Å²) in [6, 6.07) is 5.16. The largest absolute Gasteiger partial charge is 0.298 e. The lowest BCUT2D eigenvalue weighted by Crippen LogP contribution is -2.53. The molecule has 1 aromatic heterocycles. The van der Waals surface area contributed by atoms with Crippen molar-refractivity contribution in [3.63, 3.8) is 0 Å². The second kappa shape index (κ2) is 6.51. The van der Waals surface area contributed by atoms with Crippen LogP contribution in [0.15, 0.2) is 11.4 Å². The van der Waals surface area contributed by atoms with E-state index in [1.807, 2.05) is 0 Å². The summed E-state index contributed by atoms with van der Waals surface area (Å²) in [4.78, 5) is 6.12. The molecule has 1 aliphatic rings. The summed E-state index contributed by atoms with van der Waals surface area (Å²) in [5, 5.41) is 11.6. The van der Waals surface area contributed by atoms with Gasteiger partial charge in [0.05, 0.1) is 6.07 Å². The molecule has 0 saturated carbocycles. The summed E-state index contributed by atoms with van der Waals surface area (Å²) >= 11 is 1.71. The van der Waals surface area contributed by atoms with E-state index < -0.39 is 0 Å². The van der Waals surface area contributed by atoms with Crippen LogP contribution >= 0.6 is 11.3 Å². The minimum Gasteiger partial charge on any atom is -0.298 e. The average molecular weight is 277 g/mol. The predicted molar refractivity (Wildman–Crippen MR) is 80.3 cm³/mol. The van der Waals surface area contributed by atoms with Crippen molar-refractivity contribution in [2.75, 3.05) is 26.2 Å². The maximum absolute atomic E-state index is 9.56. The van der Waals surface area contributed by atoms with Gasteiger partial charge in [0.25, 0.3) is 0 Å². The molecule has 2 atom stereocenters. The molecule has 1 aliphatic heterocycles. The van der Waals surface area contributed by atoms with Crippen LogP contribution in [0.1, 0.15) is 36.8 Å². The Morgan fingerprint density at radius 2 is 2.26 bits per heavy atom. The molecular weight excluding hydrogens is 254 g/mol. The Bertz CT molecular complexity index is 448. The highest BCUT2D eigenvalue weighted by Gasteiger charge is 2.30. The maximum atomic E-state index is 9.56. The number of nitriles is 1. The van der Waals surface area contributed by atoms with E-state index in [4.69, 9.17) is 0 Å². The Kier molecular flexibility index (Phi) is 4.98. The van der Waals surface area contributed by atoms with Gasteiger partial charge in [-0.25, -0.2) is 0 Å². The molecule has 0 bridgehead atoms. The summed E-state index contributed by atoms with van der Waals surface area (Å²) in [5.74, 6) is 0. The normalized spacial score (nSPS) is 23.2. The molecule has 2 rings (SSSR count). The summed E-state index contributed by atoms with van der Waals surface area (Å²) < 4.78 is 0. The molecule has 0 spiro atoms. The molecule has 1 aromatic rings. The van der Waals surface area contributed by atoms with Gasteiger partial charge in [0.15, 0.2) is 0 Å². The van der Waals surface area contributed by atoms with Crippen molar-refractivity contribution in [1.29, 1.82) is 5.26 Å². The maximum Gasteiger partial charge on any atom is 0.133 e. The lowest BCUT2D eigenvalue weighted by atomic mass is 10.1. The molecule has 0 N–H and O–H groups in total. The molecule has 2 unspecified atom stereocenters. The van der Waals surface area contributed by atoms with Crippen molar-refractivity contribution in [2.24, 2.45) is 0 Å². The molecule has 1 fully saturated rings. The number of thiophene rings is 1. The quantitative estimate of drug-likeness (QED) is 0.847. The van der Waals surface area contributed by atoms with Gasteiger partial charge < -0.3 is 0 Å². The molecule has 2 heterocycles. The van der Waals surface area contributed by atoms with E-state index in [0.717, 1.165) is 32.6 Å². The number of nitrogens with zero attached hydrogens (tertiary/aromatic N) is 3. The zero-order valence-electron chi connectivity index (χ0n) is 12.1. The Balaban J connectivity index is 2.13. The SMILES string of the molecule is CCC1CN(C(C#N)c2sccc2C)CCN1CC. The first kappa shape index (κ1) is 14.5. The van der Waals surface area contributed by atoms with Crippen LogP contribution in [0.4, 0.5) is 0 Å². The summed E-state index contributed by atoms with van der Waals surface area (Å²) in [7, 11) is 0. The van der Waals surface area contributed by atoms with E-state index in [0.29, 0.717) is 6.04 Å². The lowest BCUT2D eigenvalue weighted by Gasteiger charge is -2.42. The Morgan fingerprint density at radius 3 is 2.79 bits per heavy atom. The summed E-state index contributed by atoms with van der Waals surface area (Å²) in [6.45, 7) is 10.8. The van der Waals surface area contributed by atoms with Gasteiger partial charge in [-0.2, -0.15) is 5.26 Å². The third-order valence-corrected chi connectivity index (χ3v) is 5.22. The highest BCUT2D eigenvalue weighted by Crippen LogP contribution is 2.30. The van der Waals surface area contributed by atoms with E-state index in [1.54, 1.807) is 11.3 Å². The molecule has 104 valence electrons. The van der Waals surface area contributed by atoms with E-state index in [9.17, 15) is 5.26 Å². The first-order valence-corrected chi connectivity index (χ1v) is 8.00. The Hall–Kier alpha value is -0.890. The number of aryl methyl sites for hydroxylation is 1. The number of piperazine rings is 1. The van der Waals surface area contributed by atoms with Crippen LogP contribution in [-0.2, 0) is 0 Å². The molecule has 4 heteroatoms. The van der Waals surface area contributed by atoms with Crippen molar-refractivity contribution >= 4 is 11.3 Å². The number of rotatable bonds is 4. The zero-order valence-corrected chi connectivity index (χ0v) is 12.9. The van der Waals surface area contributed by atoms with E-state index in [2.05, 4.69) is 48.1 Å². The molecule has 0 aliphatic carbocycles.